The van der Waals surface area contributed by atoms with Crippen LogP contribution in [0, 0.1) is 15.5 Å². The number of hydrogen-bond acceptors (Lipinski definition) is 5. The Morgan fingerprint density at radius 2 is 2.11 bits per heavy atom. The highest BCUT2D eigenvalue weighted by Gasteiger charge is 2.29. The molecule has 0 aliphatic carbocycles. The molecule has 0 unspecified atom stereocenters. The van der Waals surface area contributed by atoms with Crippen LogP contribution in [0.25, 0.3) is 0 Å². The minimum atomic E-state index is -0.877. The number of nitro groups is 1. The maximum atomic E-state index is 11.4. The van der Waals surface area contributed by atoms with Gasteiger partial charge in [0.1, 0.15) is 6.61 Å². The molecule has 1 rings (SSSR count). The monoisotopic (exact) mass is 253 g/mol. The molecule has 0 saturated carbocycles. The Morgan fingerprint density at radius 1 is 1.50 bits per heavy atom. The second-order valence-electron chi connectivity index (χ2n) is 4.37. The summed E-state index contributed by atoms with van der Waals surface area (Å²) in [5.74, 6) is 4.77. The number of carbonyl (C=O) groups is 1. The van der Waals surface area contributed by atoms with E-state index in [-0.39, 0.29) is 18.0 Å². The lowest BCUT2D eigenvalue weighted by molar-refractivity contribution is -0.385. The highest BCUT2D eigenvalue weighted by molar-refractivity contribution is 5.81. The molecule has 1 aromatic carbocycles. The predicted octanol–water partition coefficient (Wildman–Crippen LogP) is 0.990. The number of hydrogen-bond donors (Lipinski definition) is 2. The van der Waals surface area contributed by atoms with Gasteiger partial charge in [-0.25, -0.2) is 5.84 Å². The maximum absolute atomic E-state index is 11.4. The first-order valence-corrected chi connectivity index (χ1v) is 5.26. The summed E-state index contributed by atoms with van der Waals surface area (Å²) in [6.45, 7) is 3.24. The number of nitrogens with one attached hydrogen (secondary N) is 1. The van der Waals surface area contributed by atoms with Gasteiger partial charge in [-0.05, 0) is 19.9 Å². The lowest BCUT2D eigenvalue weighted by atomic mass is 9.94. The second kappa shape index (κ2) is 5.46. The zero-order chi connectivity index (χ0) is 13.8. The predicted molar refractivity (Wildman–Crippen MR) is 64.7 cm³/mol. The Morgan fingerprint density at radius 3 is 2.67 bits per heavy atom. The van der Waals surface area contributed by atoms with Crippen LogP contribution in [0.5, 0.6) is 5.75 Å². The Labute approximate surface area is 104 Å². The molecule has 0 spiro atoms. The van der Waals surface area contributed by atoms with Gasteiger partial charge in [-0.1, -0.05) is 12.1 Å². The average Bonchev–Trinajstić information content (AvgIpc) is 2.35. The smallest absolute Gasteiger partial charge is 0.310 e. The third kappa shape index (κ3) is 3.17. The van der Waals surface area contributed by atoms with Crippen molar-refractivity contribution in [2.24, 2.45) is 11.3 Å². The van der Waals surface area contributed by atoms with Gasteiger partial charge in [0.15, 0.2) is 5.75 Å². The zero-order valence-corrected chi connectivity index (χ0v) is 10.2. The Balaban J connectivity index is 2.81. The fraction of sp³-hybridized carbons (Fsp3) is 0.364. The van der Waals surface area contributed by atoms with Crippen molar-refractivity contribution in [2.75, 3.05) is 6.61 Å². The molecule has 0 saturated heterocycles. The Bertz CT molecular complexity index is 459. The number of benzene rings is 1. The molecule has 1 amide bonds. The van der Waals surface area contributed by atoms with Crippen molar-refractivity contribution in [1.82, 2.24) is 5.43 Å². The van der Waals surface area contributed by atoms with Gasteiger partial charge in [-0.2, -0.15) is 0 Å². The number of nitrogens with two attached hydrogens (primary N) is 1. The molecule has 18 heavy (non-hydrogen) atoms. The second-order valence-corrected chi connectivity index (χ2v) is 4.37. The van der Waals surface area contributed by atoms with Gasteiger partial charge >= 0.3 is 5.69 Å². The van der Waals surface area contributed by atoms with E-state index in [1.807, 2.05) is 5.43 Å². The summed E-state index contributed by atoms with van der Waals surface area (Å²) in [5, 5.41) is 10.8. The quantitative estimate of drug-likeness (QED) is 0.352. The van der Waals surface area contributed by atoms with Gasteiger partial charge in [0.2, 0.25) is 5.91 Å². The fourth-order valence-electron chi connectivity index (χ4n) is 1.25. The van der Waals surface area contributed by atoms with E-state index >= 15 is 0 Å². The van der Waals surface area contributed by atoms with Crippen LogP contribution in [0.15, 0.2) is 24.3 Å². The van der Waals surface area contributed by atoms with Crippen molar-refractivity contribution in [3.63, 3.8) is 0 Å². The topological polar surface area (TPSA) is 107 Å². The largest absolute Gasteiger partial charge is 0.486 e. The molecule has 0 radical (unpaired) electrons. The van der Waals surface area contributed by atoms with Gasteiger partial charge in [0.25, 0.3) is 0 Å². The lowest BCUT2D eigenvalue weighted by Crippen LogP contribution is -2.44. The van der Waals surface area contributed by atoms with Crippen LogP contribution in [-0.4, -0.2) is 17.4 Å². The van der Waals surface area contributed by atoms with E-state index in [2.05, 4.69) is 0 Å². The van der Waals surface area contributed by atoms with Gasteiger partial charge in [0.05, 0.1) is 10.3 Å². The first-order valence-electron chi connectivity index (χ1n) is 5.26. The summed E-state index contributed by atoms with van der Waals surface area (Å²) in [4.78, 5) is 21.6. The number of para-hydroxylation sites is 2. The van der Waals surface area contributed by atoms with E-state index in [1.54, 1.807) is 26.0 Å². The number of nitro benzene ring substituents is 1. The van der Waals surface area contributed by atoms with E-state index < -0.39 is 16.2 Å². The van der Waals surface area contributed by atoms with Crippen LogP contribution in [0.1, 0.15) is 13.8 Å². The molecule has 98 valence electrons. The molecule has 0 aliphatic heterocycles. The summed E-state index contributed by atoms with van der Waals surface area (Å²) in [6.07, 6.45) is 0. The number of carbonyl (C=O) groups excluding carboxylic acids is 1. The molecule has 0 atom stereocenters. The standard InChI is InChI=1S/C11H15N3O4/c1-11(2,10(15)13-12)7-18-9-6-4-3-5-8(9)14(16)17/h3-6H,7,12H2,1-2H3,(H,13,15). The summed E-state index contributed by atoms with van der Waals surface area (Å²) in [5.41, 5.74) is 1.01. The third-order valence-electron chi connectivity index (χ3n) is 2.40. The first-order chi connectivity index (χ1) is 8.38. The van der Waals surface area contributed by atoms with E-state index in [0.717, 1.165) is 0 Å². The number of amides is 1. The van der Waals surface area contributed by atoms with Crippen molar-refractivity contribution in [3.8, 4) is 5.75 Å². The van der Waals surface area contributed by atoms with Crippen molar-refractivity contribution >= 4 is 11.6 Å². The summed E-state index contributed by atoms with van der Waals surface area (Å²) in [7, 11) is 0. The molecular weight excluding hydrogens is 238 g/mol. The third-order valence-corrected chi connectivity index (χ3v) is 2.40. The molecule has 1 aromatic rings. The van der Waals surface area contributed by atoms with Crippen molar-refractivity contribution in [3.05, 3.63) is 34.4 Å². The fourth-order valence-corrected chi connectivity index (χ4v) is 1.25. The summed E-state index contributed by atoms with van der Waals surface area (Å²) in [6, 6.07) is 5.99. The van der Waals surface area contributed by atoms with Crippen LogP contribution in [0.2, 0.25) is 0 Å². The van der Waals surface area contributed by atoms with E-state index in [0.29, 0.717) is 0 Å². The molecule has 3 N–H and O–H groups in total. The van der Waals surface area contributed by atoms with Gasteiger partial charge in [-0.3, -0.25) is 20.3 Å². The molecule has 0 heterocycles. The van der Waals surface area contributed by atoms with Gasteiger partial charge < -0.3 is 4.74 Å². The minimum absolute atomic E-state index is 0.0130. The van der Waals surface area contributed by atoms with Crippen molar-refractivity contribution in [1.29, 1.82) is 0 Å². The van der Waals surface area contributed by atoms with Crippen molar-refractivity contribution < 1.29 is 14.5 Å². The number of hydrazine groups is 1. The number of nitrogens with zero attached hydrogens (tertiary/aromatic N) is 1. The molecule has 0 aromatic heterocycles. The maximum Gasteiger partial charge on any atom is 0.310 e. The highest BCUT2D eigenvalue weighted by atomic mass is 16.6. The lowest BCUT2D eigenvalue weighted by Gasteiger charge is -2.22. The van der Waals surface area contributed by atoms with Crippen LogP contribution in [-0.2, 0) is 4.79 Å². The Hall–Kier alpha value is -2.15. The normalized spacial score (nSPS) is 10.8. The first kappa shape index (κ1) is 13.9. The van der Waals surface area contributed by atoms with Gasteiger partial charge in [0, 0.05) is 6.07 Å². The van der Waals surface area contributed by atoms with E-state index in [1.165, 1.54) is 12.1 Å². The SMILES string of the molecule is CC(C)(COc1ccccc1[N+](=O)[O-])C(=O)NN. The summed E-state index contributed by atoms with van der Waals surface area (Å²) < 4.78 is 5.33. The van der Waals surface area contributed by atoms with Crippen LogP contribution in [0.4, 0.5) is 5.69 Å². The summed E-state index contributed by atoms with van der Waals surface area (Å²) >= 11 is 0. The van der Waals surface area contributed by atoms with Crippen molar-refractivity contribution in [2.45, 2.75) is 13.8 Å². The van der Waals surface area contributed by atoms with Crippen LogP contribution in [0.3, 0.4) is 0 Å². The van der Waals surface area contributed by atoms with Crippen LogP contribution < -0.4 is 16.0 Å². The van der Waals surface area contributed by atoms with Gasteiger partial charge in [-0.15, -0.1) is 0 Å². The molecule has 7 nitrogen and oxygen atoms in total. The molecule has 0 bridgehead atoms. The zero-order valence-electron chi connectivity index (χ0n) is 10.2. The molecule has 7 heteroatoms. The molecular formula is C11H15N3O4. The highest BCUT2D eigenvalue weighted by Crippen LogP contribution is 2.27. The van der Waals surface area contributed by atoms with E-state index in [4.69, 9.17) is 10.6 Å². The Kier molecular flexibility index (Phi) is 4.22. The van der Waals surface area contributed by atoms with Crippen LogP contribution >= 0.6 is 0 Å². The molecule has 0 aliphatic rings. The average molecular weight is 253 g/mol. The molecule has 0 fully saturated rings. The van der Waals surface area contributed by atoms with E-state index in [9.17, 15) is 14.9 Å². The minimum Gasteiger partial charge on any atom is -0.486 e. The number of rotatable bonds is 5. The number of ether oxygens (including phenoxy) is 1.